The Morgan fingerprint density at radius 3 is 2.71 bits per heavy atom. The molecule has 1 aliphatic rings. The van der Waals surface area contributed by atoms with Crippen molar-refractivity contribution in [3.8, 4) is 0 Å². The minimum absolute atomic E-state index is 0.0513. The molecule has 1 saturated heterocycles. The summed E-state index contributed by atoms with van der Waals surface area (Å²) < 4.78 is 23.2. The van der Waals surface area contributed by atoms with Crippen LogP contribution in [0.25, 0.3) is 0 Å². The first-order valence-corrected chi connectivity index (χ1v) is 8.45. The van der Waals surface area contributed by atoms with Crippen LogP contribution in [0.4, 0.5) is 17.3 Å². The summed E-state index contributed by atoms with van der Waals surface area (Å²) in [5.74, 6) is 0.634. The molecule has 1 unspecified atom stereocenters. The Labute approximate surface area is 123 Å². The maximum atomic E-state index is 11.6. The minimum atomic E-state index is -3.10. The molecular weight excluding hydrogens is 296 g/mol. The molecule has 1 aromatic heterocycles. The average molecular weight is 314 g/mol. The number of hydrogen-bond acceptors (Lipinski definition) is 7. The predicted octanol–water partition coefficient (Wildman–Crippen LogP) is 1.41. The van der Waals surface area contributed by atoms with Gasteiger partial charge in [-0.2, -0.15) is 0 Å². The Morgan fingerprint density at radius 2 is 2.19 bits per heavy atom. The van der Waals surface area contributed by atoms with E-state index < -0.39 is 20.3 Å². The molecule has 9 heteroatoms. The smallest absolute Gasteiger partial charge is 0.311 e. The Bertz CT molecular complexity index is 661. The third-order valence-electron chi connectivity index (χ3n) is 3.35. The molecule has 8 nitrogen and oxygen atoms in total. The lowest BCUT2D eigenvalue weighted by molar-refractivity contribution is -0.384. The molecule has 0 spiro atoms. The summed E-state index contributed by atoms with van der Waals surface area (Å²) in [6, 6.07) is 2.89. The molecule has 0 aliphatic carbocycles. The van der Waals surface area contributed by atoms with Crippen LogP contribution in [0.15, 0.2) is 12.1 Å². The number of nitro groups is 1. The standard InChI is InChI=1S/C12H18N4O4S/c1-3-13-10-5-4-9(16(17)18)11(14-10)15-12(2)6-7-21(19,20)8-12/h4-5H,3,6-8H2,1-2H3,(H2,13,14,15). The Kier molecular flexibility index (Phi) is 4.04. The number of hydrogen-bond donors (Lipinski definition) is 2. The zero-order chi connectivity index (χ0) is 15.7. The molecule has 2 rings (SSSR count). The van der Waals surface area contributed by atoms with E-state index in [1.54, 1.807) is 6.92 Å². The van der Waals surface area contributed by atoms with Gasteiger partial charge in [-0.25, -0.2) is 13.4 Å². The van der Waals surface area contributed by atoms with Gasteiger partial charge >= 0.3 is 5.69 Å². The number of pyridine rings is 1. The summed E-state index contributed by atoms with van der Waals surface area (Å²) in [7, 11) is -3.10. The Hall–Kier alpha value is -1.90. The second-order valence-electron chi connectivity index (χ2n) is 5.38. The molecule has 1 aromatic rings. The van der Waals surface area contributed by atoms with Crippen molar-refractivity contribution >= 4 is 27.2 Å². The van der Waals surface area contributed by atoms with Crippen LogP contribution in [0.3, 0.4) is 0 Å². The summed E-state index contributed by atoms with van der Waals surface area (Å²) in [6.07, 6.45) is 0.402. The molecular formula is C12H18N4O4S. The molecule has 2 heterocycles. The number of nitrogens with one attached hydrogen (secondary N) is 2. The molecule has 21 heavy (non-hydrogen) atoms. The second kappa shape index (κ2) is 5.47. The van der Waals surface area contributed by atoms with Crippen molar-refractivity contribution in [2.24, 2.45) is 0 Å². The molecule has 1 fully saturated rings. The maximum absolute atomic E-state index is 11.6. The Balaban J connectivity index is 2.33. The van der Waals surface area contributed by atoms with E-state index in [1.807, 2.05) is 6.92 Å². The monoisotopic (exact) mass is 314 g/mol. The third kappa shape index (κ3) is 3.60. The number of sulfone groups is 1. The zero-order valence-corrected chi connectivity index (χ0v) is 12.7. The Morgan fingerprint density at radius 1 is 1.48 bits per heavy atom. The van der Waals surface area contributed by atoms with Crippen molar-refractivity contribution in [1.29, 1.82) is 0 Å². The molecule has 0 radical (unpaired) electrons. The van der Waals surface area contributed by atoms with E-state index in [1.165, 1.54) is 12.1 Å². The third-order valence-corrected chi connectivity index (χ3v) is 5.26. The highest BCUT2D eigenvalue weighted by molar-refractivity contribution is 7.91. The van der Waals surface area contributed by atoms with Crippen LogP contribution in [0.5, 0.6) is 0 Å². The molecule has 0 bridgehead atoms. The van der Waals surface area contributed by atoms with E-state index in [2.05, 4.69) is 15.6 Å². The molecule has 0 aromatic carbocycles. The SMILES string of the molecule is CCNc1ccc([N+](=O)[O-])c(NC2(C)CCS(=O)(=O)C2)n1. The molecule has 116 valence electrons. The summed E-state index contributed by atoms with van der Waals surface area (Å²) in [4.78, 5) is 14.7. The van der Waals surface area contributed by atoms with E-state index in [0.29, 0.717) is 18.8 Å². The van der Waals surface area contributed by atoms with Gasteiger partial charge in [0.2, 0.25) is 5.82 Å². The number of anilines is 2. The molecule has 0 amide bonds. The first-order valence-electron chi connectivity index (χ1n) is 6.63. The molecule has 1 atom stereocenters. The first-order chi connectivity index (χ1) is 9.75. The van der Waals surface area contributed by atoms with Gasteiger partial charge in [-0.1, -0.05) is 0 Å². The van der Waals surface area contributed by atoms with Crippen LogP contribution < -0.4 is 10.6 Å². The predicted molar refractivity (Wildman–Crippen MR) is 80.4 cm³/mol. The van der Waals surface area contributed by atoms with E-state index >= 15 is 0 Å². The van der Waals surface area contributed by atoms with Gasteiger partial charge in [0, 0.05) is 12.6 Å². The number of aromatic nitrogens is 1. The van der Waals surface area contributed by atoms with Gasteiger partial charge in [-0.05, 0) is 26.3 Å². The van der Waals surface area contributed by atoms with E-state index in [-0.39, 0.29) is 23.0 Å². The lowest BCUT2D eigenvalue weighted by atomic mass is 10.0. The van der Waals surface area contributed by atoms with E-state index in [9.17, 15) is 18.5 Å². The van der Waals surface area contributed by atoms with Gasteiger partial charge in [-0.15, -0.1) is 0 Å². The van der Waals surface area contributed by atoms with Crippen molar-refractivity contribution in [3.63, 3.8) is 0 Å². The van der Waals surface area contributed by atoms with Crippen molar-refractivity contribution in [2.75, 3.05) is 28.7 Å². The number of rotatable bonds is 5. The highest BCUT2D eigenvalue weighted by atomic mass is 32.2. The lowest BCUT2D eigenvalue weighted by Gasteiger charge is -2.24. The minimum Gasteiger partial charge on any atom is -0.370 e. The van der Waals surface area contributed by atoms with Crippen molar-refractivity contribution in [2.45, 2.75) is 25.8 Å². The van der Waals surface area contributed by atoms with Crippen LogP contribution in [0.2, 0.25) is 0 Å². The van der Waals surface area contributed by atoms with Crippen molar-refractivity contribution < 1.29 is 13.3 Å². The summed E-state index contributed by atoms with van der Waals surface area (Å²) in [6.45, 7) is 4.26. The van der Waals surface area contributed by atoms with Crippen LogP contribution in [0, 0.1) is 10.1 Å². The van der Waals surface area contributed by atoms with Crippen LogP contribution in [0.1, 0.15) is 20.3 Å². The second-order valence-corrected chi connectivity index (χ2v) is 7.56. The van der Waals surface area contributed by atoms with Crippen LogP contribution in [-0.4, -0.2) is 41.9 Å². The maximum Gasteiger partial charge on any atom is 0.311 e. The van der Waals surface area contributed by atoms with Gasteiger partial charge in [0.05, 0.1) is 22.0 Å². The normalized spacial score (nSPS) is 23.7. The largest absolute Gasteiger partial charge is 0.370 e. The molecule has 0 saturated carbocycles. The fourth-order valence-electron chi connectivity index (χ4n) is 2.37. The lowest BCUT2D eigenvalue weighted by Crippen LogP contribution is -2.36. The van der Waals surface area contributed by atoms with Gasteiger partial charge in [0.25, 0.3) is 0 Å². The van der Waals surface area contributed by atoms with Crippen molar-refractivity contribution in [1.82, 2.24) is 4.98 Å². The topological polar surface area (TPSA) is 114 Å². The average Bonchev–Trinajstić information content (AvgIpc) is 2.63. The molecule has 2 N–H and O–H groups in total. The first kappa shape index (κ1) is 15.5. The zero-order valence-electron chi connectivity index (χ0n) is 11.9. The fourth-order valence-corrected chi connectivity index (χ4v) is 4.46. The summed E-state index contributed by atoms with van der Waals surface area (Å²) >= 11 is 0. The van der Waals surface area contributed by atoms with Gasteiger partial charge < -0.3 is 10.6 Å². The van der Waals surface area contributed by atoms with Crippen LogP contribution in [-0.2, 0) is 9.84 Å². The summed E-state index contributed by atoms with van der Waals surface area (Å²) in [5, 5.41) is 17.0. The van der Waals surface area contributed by atoms with Gasteiger partial charge in [0.15, 0.2) is 9.84 Å². The highest BCUT2D eigenvalue weighted by Crippen LogP contribution is 2.31. The highest BCUT2D eigenvalue weighted by Gasteiger charge is 2.39. The summed E-state index contributed by atoms with van der Waals surface area (Å²) in [5.41, 5.74) is -0.899. The fraction of sp³-hybridized carbons (Fsp3) is 0.583. The van der Waals surface area contributed by atoms with Gasteiger partial charge in [0.1, 0.15) is 5.82 Å². The van der Waals surface area contributed by atoms with Crippen LogP contribution >= 0.6 is 0 Å². The quantitative estimate of drug-likeness (QED) is 0.623. The molecule has 1 aliphatic heterocycles. The van der Waals surface area contributed by atoms with E-state index in [4.69, 9.17) is 0 Å². The van der Waals surface area contributed by atoms with Crippen molar-refractivity contribution in [3.05, 3.63) is 22.2 Å². The number of nitrogens with zero attached hydrogens (tertiary/aromatic N) is 2. The van der Waals surface area contributed by atoms with E-state index in [0.717, 1.165) is 0 Å². The van der Waals surface area contributed by atoms with Gasteiger partial charge in [-0.3, -0.25) is 10.1 Å².